The summed E-state index contributed by atoms with van der Waals surface area (Å²) in [6.45, 7) is 1.43. The van der Waals surface area contributed by atoms with E-state index in [9.17, 15) is 8.78 Å². The van der Waals surface area contributed by atoms with Crippen LogP contribution in [0.1, 0.15) is 18.9 Å². The third-order valence-corrected chi connectivity index (χ3v) is 2.44. The summed E-state index contributed by atoms with van der Waals surface area (Å²) in [6, 6.07) is 8.79. The molecule has 0 N–H and O–H groups in total. The summed E-state index contributed by atoms with van der Waals surface area (Å²) in [4.78, 5) is 0. The number of nitrogens with zero attached hydrogens (tertiary/aromatic N) is 1. The van der Waals surface area contributed by atoms with Gasteiger partial charge >= 0.3 is 0 Å². The minimum Gasteiger partial charge on any atom is -0.356 e. The first-order chi connectivity index (χ1) is 7.65. The van der Waals surface area contributed by atoms with Crippen LogP contribution in [0.15, 0.2) is 41.1 Å². The fraction of sp³-hybridized carbons (Fsp3) is 0.250. The number of alkyl halides is 2. The predicted molar refractivity (Wildman–Crippen MR) is 56.1 cm³/mol. The van der Waals surface area contributed by atoms with Crippen molar-refractivity contribution >= 4 is 0 Å². The van der Waals surface area contributed by atoms with Crippen molar-refractivity contribution in [2.24, 2.45) is 0 Å². The number of hydrogen-bond acceptors (Lipinski definition) is 2. The summed E-state index contributed by atoms with van der Waals surface area (Å²) in [5, 5.41) is 3.46. The molecular weight excluding hydrogens is 212 g/mol. The average Bonchev–Trinajstić information content (AvgIpc) is 2.80. The van der Waals surface area contributed by atoms with Crippen LogP contribution in [0, 0.1) is 0 Å². The zero-order valence-electron chi connectivity index (χ0n) is 8.78. The van der Waals surface area contributed by atoms with Crippen LogP contribution < -0.4 is 0 Å². The second-order valence-corrected chi connectivity index (χ2v) is 3.49. The van der Waals surface area contributed by atoms with Gasteiger partial charge in [0, 0.05) is 12.0 Å². The number of rotatable bonds is 3. The largest absolute Gasteiger partial charge is 0.356 e. The standard InChI is InChI=1S/C12H11F2NO/c1-2-12(13,14)10-8-15-16-11(10)9-6-4-3-5-7-9/h3-8H,2H2,1H3. The van der Waals surface area contributed by atoms with E-state index < -0.39 is 5.92 Å². The predicted octanol–water partition coefficient (Wildman–Crippen LogP) is 3.84. The van der Waals surface area contributed by atoms with Crippen molar-refractivity contribution in [1.29, 1.82) is 0 Å². The summed E-state index contributed by atoms with van der Waals surface area (Å²) < 4.78 is 32.0. The molecule has 2 rings (SSSR count). The maximum Gasteiger partial charge on any atom is 0.278 e. The smallest absolute Gasteiger partial charge is 0.278 e. The van der Waals surface area contributed by atoms with Gasteiger partial charge in [0.25, 0.3) is 5.92 Å². The van der Waals surface area contributed by atoms with Gasteiger partial charge in [0.05, 0.1) is 11.8 Å². The maximum atomic E-state index is 13.6. The summed E-state index contributed by atoms with van der Waals surface area (Å²) in [5.74, 6) is -2.75. The van der Waals surface area contributed by atoms with Gasteiger partial charge < -0.3 is 4.52 Å². The highest BCUT2D eigenvalue weighted by Crippen LogP contribution is 2.37. The molecule has 2 nitrogen and oxygen atoms in total. The van der Waals surface area contributed by atoms with E-state index in [1.165, 1.54) is 6.92 Å². The highest BCUT2D eigenvalue weighted by atomic mass is 19.3. The lowest BCUT2D eigenvalue weighted by Gasteiger charge is -2.12. The van der Waals surface area contributed by atoms with E-state index in [2.05, 4.69) is 5.16 Å². The summed E-state index contributed by atoms with van der Waals surface area (Å²) in [7, 11) is 0. The molecule has 0 saturated heterocycles. The summed E-state index contributed by atoms with van der Waals surface area (Å²) >= 11 is 0. The topological polar surface area (TPSA) is 26.0 Å². The minimum absolute atomic E-state index is 0.146. The van der Waals surface area contributed by atoms with Crippen LogP contribution in [0.5, 0.6) is 0 Å². The third-order valence-electron chi connectivity index (χ3n) is 2.44. The van der Waals surface area contributed by atoms with Gasteiger partial charge in [0.2, 0.25) is 0 Å². The lowest BCUT2D eigenvalue weighted by atomic mass is 10.0. The van der Waals surface area contributed by atoms with Crippen molar-refractivity contribution in [3.05, 3.63) is 42.1 Å². The Kier molecular flexibility index (Phi) is 2.73. The molecule has 84 valence electrons. The Morgan fingerprint density at radius 1 is 1.25 bits per heavy atom. The molecule has 0 atom stereocenters. The quantitative estimate of drug-likeness (QED) is 0.790. The second-order valence-electron chi connectivity index (χ2n) is 3.49. The molecule has 0 aliphatic carbocycles. The summed E-state index contributed by atoms with van der Waals surface area (Å²) in [6.07, 6.45) is 0.819. The normalized spacial score (nSPS) is 11.7. The van der Waals surface area contributed by atoms with Gasteiger partial charge in [0.15, 0.2) is 5.76 Å². The molecule has 1 aromatic carbocycles. The molecule has 0 aliphatic heterocycles. The van der Waals surface area contributed by atoms with E-state index in [-0.39, 0.29) is 17.7 Å². The number of benzene rings is 1. The highest BCUT2D eigenvalue weighted by Gasteiger charge is 2.34. The monoisotopic (exact) mass is 223 g/mol. The Hall–Kier alpha value is -1.71. The molecule has 1 heterocycles. The first-order valence-electron chi connectivity index (χ1n) is 5.03. The molecule has 0 aliphatic rings. The lowest BCUT2D eigenvalue weighted by molar-refractivity contribution is -0.00806. The molecule has 1 aromatic heterocycles. The fourth-order valence-electron chi connectivity index (χ4n) is 1.49. The van der Waals surface area contributed by atoms with Crippen LogP contribution in [0.3, 0.4) is 0 Å². The van der Waals surface area contributed by atoms with Crippen LogP contribution in [-0.2, 0) is 5.92 Å². The van der Waals surface area contributed by atoms with Gasteiger partial charge in [-0.3, -0.25) is 0 Å². The van der Waals surface area contributed by atoms with Crippen molar-refractivity contribution in [2.75, 3.05) is 0 Å². The van der Waals surface area contributed by atoms with Gasteiger partial charge in [-0.15, -0.1) is 0 Å². The van der Waals surface area contributed by atoms with E-state index >= 15 is 0 Å². The van der Waals surface area contributed by atoms with E-state index in [0.29, 0.717) is 5.56 Å². The number of aromatic nitrogens is 1. The van der Waals surface area contributed by atoms with Crippen LogP contribution in [-0.4, -0.2) is 5.16 Å². The SMILES string of the molecule is CCC(F)(F)c1cnoc1-c1ccccc1. The Bertz CT molecular complexity index is 465. The molecule has 0 spiro atoms. The molecule has 0 radical (unpaired) electrons. The Balaban J connectivity index is 2.49. The Labute approximate surface area is 91.9 Å². The van der Waals surface area contributed by atoms with Crippen LogP contribution in [0.25, 0.3) is 11.3 Å². The average molecular weight is 223 g/mol. The van der Waals surface area contributed by atoms with Crippen LogP contribution in [0.4, 0.5) is 8.78 Å². The Morgan fingerprint density at radius 2 is 1.94 bits per heavy atom. The number of hydrogen-bond donors (Lipinski definition) is 0. The Morgan fingerprint density at radius 3 is 2.56 bits per heavy atom. The molecule has 0 saturated carbocycles. The molecule has 16 heavy (non-hydrogen) atoms. The van der Waals surface area contributed by atoms with Gasteiger partial charge in [-0.25, -0.2) is 8.78 Å². The third kappa shape index (κ3) is 1.83. The van der Waals surface area contributed by atoms with E-state index in [1.54, 1.807) is 24.3 Å². The zero-order valence-corrected chi connectivity index (χ0v) is 8.78. The molecule has 0 unspecified atom stereocenters. The van der Waals surface area contributed by atoms with Crippen LogP contribution in [0.2, 0.25) is 0 Å². The molecule has 4 heteroatoms. The fourth-order valence-corrected chi connectivity index (χ4v) is 1.49. The molecule has 0 bridgehead atoms. The van der Waals surface area contributed by atoms with E-state index in [0.717, 1.165) is 6.20 Å². The lowest BCUT2D eigenvalue weighted by Crippen LogP contribution is -2.11. The van der Waals surface area contributed by atoms with Gasteiger partial charge in [0.1, 0.15) is 0 Å². The highest BCUT2D eigenvalue weighted by molar-refractivity contribution is 5.61. The van der Waals surface area contributed by atoms with E-state index in [1.807, 2.05) is 6.07 Å². The zero-order chi connectivity index (χ0) is 11.6. The maximum absolute atomic E-state index is 13.6. The minimum atomic E-state index is -2.90. The first-order valence-corrected chi connectivity index (χ1v) is 5.03. The van der Waals surface area contributed by atoms with Crippen molar-refractivity contribution in [3.8, 4) is 11.3 Å². The molecular formula is C12H11F2NO. The van der Waals surface area contributed by atoms with Crippen molar-refractivity contribution in [1.82, 2.24) is 5.16 Å². The van der Waals surface area contributed by atoms with Crippen molar-refractivity contribution < 1.29 is 13.3 Å². The van der Waals surface area contributed by atoms with Crippen molar-refractivity contribution in [3.63, 3.8) is 0 Å². The molecule has 0 amide bonds. The van der Waals surface area contributed by atoms with Gasteiger partial charge in [-0.2, -0.15) is 0 Å². The molecule has 0 fully saturated rings. The van der Waals surface area contributed by atoms with Crippen LogP contribution >= 0.6 is 0 Å². The summed E-state index contributed by atoms with van der Waals surface area (Å²) in [5.41, 5.74) is 0.462. The van der Waals surface area contributed by atoms with Crippen molar-refractivity contribution in [2.45, 2.75) is 19.3 Å². The molecule has 2 aromatic rings. The second kappa shape index (κ2) is 4.04. The van der Waals surface area contributed by atoms with E-state index in [4.69, 9.17) is 4.52 Å². The van der Waals surface area contributed by atoms with Gasteiger partial charge in [-0.1, -0.05) is 42.4 Å². The number of halogens is 2. The van der Waals surface area contributed by atoms with Gasteiger partial charge in [-0.05, 0) is 0 Å². The first kappa shape index (κ1) is 10.8.